The first-order chi connectivity index (χ1) is 14.0. The van der Waals surface area contributed by atoms with Crippen molar-refractivity contribution in [1.29, 1.82) is 0 Å². The Kier molecular flexibility index (Phi) is 5.20. The van der Waals surface area contributed by atoms with Crippen LogP contribution in [0.1, 0.15) is 24.2 Å². The molecule has 1 unspecified atom stereocenters. The average molecular weight is 396 g/mol. The van der Waals surface area contributed by atoms with Crippen molar-refractivity contribution in [2.75, 3.05) is 20.8 Å². The van der Waals surface area contributed by atoms with Crippen molar-refractivity contribution < 1.29 is 23.7 Å². The molecule has 2 aromatic carbocycles. The van der Waals surface area contributed by atoms with Gasteiger partial charge in [-0.3, -0.25) is 4.79 Å². The first-order valence-corrected chi connectivity index (χ1v) is 9.65. The van der Waals surface area contributed by atoms with E-state index in [1.54, 1.807) is 51.5 Å². The van der Waals surface area contributed by atoms with E-state index < -0.39 is 0 Å². The Balaban J connectivity index is 1.88. The molecule has 2 heterocycles. The molecule has 29 heavy (non-hydrogen) atoms. The molecule has 1 fully saturated rings. The van der Waals surface area contributed by atoms with Crippen LogP contribution in [0.4, 0.5) is 0 Å². The fourth-order valence-corrected chi connectivity index (χ4v) is 3.97. The van der Waals surface area contributed by atoms with Gasteiger partial charge in [-0.25, -0.2) is 0 Å². The number of hydrogen-bond donors (Lipinski definition) is 1. The van der Waals surface area contributed by atoms with E-state index in [0.717, 1.165) is 19.4 Å². The third kappa shape index (κ3) is 3.44. The molecular weight excluding hydrogens is 372 g/mol. The van der Waals surface area contributed by atoms with Crippen LogP contribution in [0.5, 0.6) is 17.2 Å². The summed E-state index contributed by atoms with van der Waals surface area (Å²) >= 11 is 0. The lowest BCUT2D eigenvalue weighted by atomic mass is 9.98. The number of ether oxygens (including phenoxy) is 3. The van der Waals surface area contributed by atoms with Crippen LogP contribution in [-0.4, -0.2) is 32.0 Å². The maximum Gasteiger partial charge on any atom is 0.200 e. The fraction of sp³-hybridized carbons (Fsp3) is 0.348. The van der Waals surface area contributed by atoms with Crippen LogP contribution in [0.2, 0.25) is 0 Å². The largest absolute Gasteiger partial charge is 0.508 e. The standard InChI is InChI=1S/C23H24O6/c1-13-21(14-6-9-19(26-2)20(11-14)27-3)22(25)16-7-8-18(24)17(23(16)29-13)12-15-5-4-10-28-15/h6-9,11,15,24H,4-5,10,12H2,1-3H3. The Labute approximate surface area is 168 Å². The van der Waals surface area contributed by atoms with Gasteiger partial charge in [0.05, 0.1) is 31.3 Å². The van der Waals surface area contributed by atoms with E-state index in [9.17, 15) is 9.90 Å². The van der Waals surface area contributed by atoms with Gasteiger partial charge in [0, 0.05) is 18.6 Å². The molecule has 152 valence electrons. The van der Waals surface area contributed by atoms with Gasteiger partial charge in [-0.2, -0.15) is 0 Å². The number of rotatable bonds is 5. The summed E-state index contributed by atoms with van der Waals surface area (Å²) in [5.41, 5.74) is 2.04. The van der Waals surface area contributed by atoms with Gasteiger partial charge >= 0.3 is 0 Å². The van der Waals surface area contributed by atoms with Gasteiger partial charge in [-0.05, 0) is 49.6 Å². The maximum absolute atomic E-state index is 13.4. The second kappa shape index (κ2) is 7.79. The number of aromatic hydroxyl groups is 1. The molecule has 0 saturated carbocycles. The molecule has 3 aromatic rings. The second-order valence-corrected chi connectivity index (χ2v) is 7.21. The van der Waals surface area contributed by atoms with E-state index in [1.165, 1.54) is 0 Å². The molecule has 1 atom stereocenters. The molecule has 1 N–H and O–H groups in total. The second-order valence-electron chi connectivity index (χ2n) is 7.21. The number of methoxy groups -OCH3 is 2. The molecule has 0 aliphatic carbocycles. The summed E-state index contributed by atoms with van der Waals surface area (Å²) in [5, 5.41) is 10.9. The highest BCUT2D eigenvalue weighted by Crippen LogP contribution is 2.35. The molecular formula is C23H24O6. The smallest absolute Gasteiger partial charge is 0.200 e. The van der Waals surface area contributed by atoms with E-state index in [1.807, 2.05) is 0 Å². The third-order valence-electron chi connectivity index (χ3n) is 5.44. The summed E-state index contributed by atoms with van der Waals surface area (Å²) in [4.78, 5) is 13.4. The van der Waals surface area contributed by atoms with Crippen LogP contribution >= 0.6 is 0 Å². The minimum absolute atomic E-state index is 0.0302. The Morgan fingerprint density at radius 2 is 1.93 bits per heavy atom. The molecule has 1 aliphatic heterocycles. The quantitative estimate of drug-likeness (QED) is 0.696. The lowest BCUT2D eigenvalue weighted by Gasteiger charge is -2.15. The van der Waals surface area contributed by atoms with E-state index >= 15 is 0 Å². The van der Waals surface area contributed by atoms with Gasteiger partial charge in [0.1, 0.15) is 17.1 Å². The highest BCUT2D eigenvalue weighted by molar-refractivity contribution is 5.87. The number of phenolic OH excluding ortho intramolecular Hbond substituents is 1. The van der Waals surface area contributed by atoms with Gasteiger partial charge in [0.2, 0.25) is 5.43 Å². The summed E-state index contributed by atoms with van der Waals surface area (Å²) in [5.74, 6) is 1.72. The van der Waals surface area contributed by atoms with Gasteiger partial charge in [-0.15, -0.1) is 0 Å². The minimum atomic E-state index is -0.149. The SMILES string of the molecule is COc1ccc(-c2c(C)oc3c(CC4CCCO4)c(O)ccc3c2=O)cc1OC. The molecule has 0 spiro atoms. The van der Waals surface area contributed by atoms with Crippen molar-refractivity contribution in [2.24, 2.45) is 0 Å². The Morgan fingerprint density at radius 3 is 2.62 bits per heavy atom. The number of hydrogen-bond acceptors (Lipinski definition) is 6. The predicted molar refractivity (Wildman–Crippen MR) is 110 cm³/mol. The van der Waals surface area contributed by atoms with Crippen LogP contribution < -0.4 is 14.9 Å². The molecule has 6 nitrogen and oxygen atoms in total. The Morgan fingerprint density at radius 1 is 1.14 bits per heavy atom. The lowest BCUT2D eigenvalue weighted by molar-refractivity contribution is 0.111. The normalized spacial score (nSPS) is 16.3. The molecule has 0 bridgehead atoms. The molecule has 6 heteroatoms. The Hall–Kier alpha value is -2.99. The topological polar surface area (TPSA) is 78.1 Å². The summed E-state index contributed by atoms with van der Waals surface area (Å²) < 4.78 is 22.5. The van der Waals surface area contributed by atoms with E-state index in [4.69, 9.17) is 18.6 Å². The maximum atomic E-state index is 13.4. The monoisotopic (exact) mass is 396 g/mol. The zero-order chi connectivity index (χ0) is 20.5. The minimum Gasteiger partial charge on any atom is -0.508 e. The molecule has 0 amide bonds. The molecule has 1 aromatic heterocycles. The van der Waals surface area contributed by atoms with E-state index in [2.05, 4.69) is 0 Å². The number of aryl methyl sites for hydroxylation is 1. The van der Waals surface area contributed by atoms with Crippen LogP contribution in [0.3, 0.4) is 0 Å². The number of benzene rings is 2. The summed E-state index contributed by atoms with van der Waals surface area (Å²) in [6, 6.07) is 8.49. The zero-order valence-corrected chi connectivity index (χ0v) is 16.8. The van der Waals surface area contributed by atoms with Crippen molar-refractivity contribution in [2.45, 2.75) is 32.3 Å². The molecule has 1 saturated heterocycles. The van der Waals surface area contributed by atoms with Crippen LogP contribution in [-0.2, 0) is 11.2 Å². The van der Waals surface area contributed by atoms with Crippen LogP contribution in [0.15, 0.2) is 39.5 Å². The summed E-state index contributed by atoms with van der Waals surface area (Å²) in [7, 11) is 3.12. The van der Waals surface area contributed by atoms with Gasteiger partial charge in [0.25, 0.3) is 0 Å². The van der Waals surface area contributed by atoms with Crippen molar-refractivity contribution >= 4 is 11.0 Å². The molecule has 1 aliphatic rings. The molecule has 4 rings (SSSR count). The van der Waals surface area contributed by atoms with Gasteiger partial charge in [-0.1, -0.05) is 6.07 Å². The lowest BCUT2D eigenvalue weighted by Crippen LogP contribution is -2.12. The molecule has 0 radical (unpaired) electrons. The van der Waals surface area contributed by atoms with Crippen LogP contribution in [0.25, 0.3) is 22.1 Å². The fourth-order valence-electron chi connectivity index (χ4n) is 3.97. The van der Waals surface area contributed by atoms with Crippen molar-refractivity contribution in [3.05, 3.63) is 51.9 Å². The summed E-state index contributed by atoms with van der Waals surface area (Å²) in [6.07, 6.45) is 2.48. The Bertz CT molecular complexity index is 1110. The van der Waals surface area contributed by atoms with Crippen molar-refractivity contribution in [3.63, 3.8) is 0 Å². The first-order valence-electron chi connectivity index (χ1n) is 9.65. The van der Waals surface area contributed by atoms with Gasteiger partial charge < -0.3 is 23.7 Å². The van der Waals surface area contributed by atoms with Crippen molar-refractivity contribution in [3.8, 4) is 28.4 Å². The first kappa shape index (κ1) is 19.3. The zero-order valence-electron chi connectivity index (χ0n) is 16.8. The third-order valence-corrected chi connectivity index (χ3v) is 5.44. The highest BCUT2D eigenvalue weighted by atomic mass is 16.5. The number of phenols is 1. The number of fused-ring (bicyclic) bond motifs is 1. The van der Waals surface area contributed by atoms with E-state index in [-0.39, 0.29) is 17.3 Å². The van der Waals surface area contributed by atoms with Crippen LogP contribution in [0, 0.1) is 6.92 Å². The predicted octanol–water partition coefficient (Wildman–Crippen LogP) is 4.21. The summed E-state index contributed by atoms with van der Waals surface area (Å²) in [6.45, 7) is 2.48. The van der Waals surface area contributed by atoms with Gasteiger partial charge in [0.15, 0.2) is 11.5 Å². The average Bonchev–Trinajstić information content (AvgIpc) is 3.23. The van der Waals surface area contributed by atoms with Crippen molar-refractivity contribution in [1.82, 2.24) is 0 Å². The van der Waals surface area contributed by atoms with E-state index in [0.29, 0.717) is 51.3 Å². The highest BCUT2D eigenvalue weighted by Gasteiger charge is 2.23.